The average molecular weight is 330 g/mol. The lowest BCUT2D eigenvalue weighted by Gasteiger charge is -2.19. The number of carbonyl (C=O) groups is 1. The van der Waals surface area contributed by atoms with E-state index in [1.54, 1.807) is 10.9 Å². The third-order valence-corrected chi connectivity index (χ3v) is 4.28. The van der Waals surface area contributed by atoms with E-state index < -0.39 is 6.10 Å². The Labute approximate surface area is 142 Å². The van der Waals surface area contributed by atoms with Crippen molar-refractivity contribution >= 4 is 6.03 Å². The SMILES string of the molecule is CCC(C)C(O)CNC(=O)NC(C)c1ccc(-n2cccn2)cc1. The van der Waals surface area contributed by atoms with Crippen molar-refractivity contribution in [1.29, 1.82) is 0 Å². The monoisotopic (exact) mass is 330 g/mol. The van der Waals surface area contributed by atoms with E-state index in [4.69, 9.17) is 0 Å². The van der Waals surface area contributed by atoms with Gasteiger partial charge in [0.2, 0.25) is 0 Å². The van der Waals surface area contributed by atoms with Crippen LogP contribution in [0.3, 0.4) is 0 Å². The van der Waals surface area contributed by atoms with Crippen molar-refractivity contribution in [1.82, 2.24) is 20.4 Å². The lowest BCUT2D eigenvalue weighted by Crippen LogP contribution is -2.42. The number of benzene rings is 1. The summed E-state index contributed by atoms with van der Waals surface area (Å²) in [4.78, 5) is 11.9. The van der Waals surface area contributed by atoms with E-state index >= 15 is 0 Å². The van der Waals surface area contributed by atoms with Gasteiger partial charge in [0, 0.05) is 18.9 Å². The van der Waals surface area contributed by atoms with Crippen LogP contribution in [-0.4, -0.2) is 33.6 Å². The zero-order chi connectivity index (χ0) is 17.5. The Bertz CT molecular complexity index is 625. The third-order valence-electron chi connectivity index (χ3n) is 4.28. The second-order valence-corrected chi connectivity index (χ2v) is 6.07. The van der Waals surface area contributed by atoms with Gasteiger partial charge >= 0.3 is 6.03 Å². The Morgan fingerprint density at radius 3 is 2.58 bits per heavy atom. The molecule has 3 unspecified atom stereocenters. The molecule has 0 bridgehead atoms. The molecule has 3 N–H and O–H groups in total. The summed E-state index contributed by atoms with van der Waals surface area (Å²) in [5.41, 5.74) is 1.97. The molecule has 0 radical (unpaired) electrons. The summed E-state index contributed by atoms with van der Waals surface area (Å²) in [5, 5.41) is 19.7. The lowest BCUT2D eigenvalue weighted by atomic mass is 10.0. The normalized spacial score (nSPS) is 14.7. The van der Waals surface area contributed by atoms with Gasteiger partial charge in [-0.25, -0.2) is 9.48 Å². The number of nitrogens with one attached hydrogen (secondary N) is 2. The molecule has 2 aromatic rings. The molecule has 0 spiro atoms. The highest BCUT2D eigenvalue weighted by Gasteiger charge is 2.14. The molecule has 1 aromatic heterocycles. The number of amides is 2. The molecule has 3 atom stereocenters. The van der Waals surface area contributed by atoms with Crippen LogP contribution in [0, 0.1) is 5.92 Å². The number of rotatable bonds is 7. The van der Waals surface area contributed by atoms with Crippen LogP contribution in [0.25, 0.3) is 5.69 Å². The smallest absolute Gasteiger partial charge is 0.315 e. The molecule has 2 rings (SSSR count). The molecular formula is C18H26N4O2. The minimum atomic E-state index is -0.524. The number of aromatic nitrogens is 2. The summed E-state index contributed by atoms with van der Waals surface area (Å²) in [6.07, 6.45) is 3.97. The van der Waals surface area contributed by atoms with Crippen LogP contribution in [0.5, 0.6) is 0 Å². The molecule has 0 fully saturated rings. The van der Waals surface area contributed by atoms with Crippen LogP contribution >= 0.6 is 0 Å². The Hall–Kier alpha value is -2.34. The minimum Gasteiger partial charge on any atom is -0.391 e. The van der Waals surface area contributed by atoms with Crippen LogP contribution < -0.4 is 10.6 Å². The second-order valence-electron chi connectivity index (χ2n) is 6.07. The standard InChI is InChI=1S/C18H26N4O2/c1-4-13(2)17(23)12-19-18(24)21-14(3)15-6-8-16(9-7-15)22-11-5-10-20-22/h5-11,13-14,17,23H,4,12H2,1-3H3,(H2,19,21,24). The highest BCUT2D eigenvalue weighted by atomic mass is 16.3. The van der Waals surface area contributed by atoms with Gasteiger partial charge in [-0.2, -0.15) is 5.10 Å². The van der Waals surface area contributed by atoms with Crippen LogP contribution in [0.2, 0.25) is 0 Å². The minimum absolute atomic E-state index is 0.127. The molecule has 6 nitrogen and oxygen atoms in total. The van der Waals surface area contributed by atoms with E-state index in [0.29, 0.717) is 0 Å². The molecule has 0 aliphatic rings. The van der Waals surface area contributed by atoms with E-state index in [-0.39, 0.29) is 24.5 Å². The van der Waals surface area contributed by atoms with Crippen LogP contribution in [-0.2, 0) is 0 Å². The maximum atomic E-state index is 11.9. The number of urea groups is 1. The number of nitrogens with zero attached hydrogens (tertiary/aromatic N) is 2. The molecule has 6 heteroatoms. The summed E-state index contributed by atoms with van der Waals surface area (Å²) in [5.74, 6) is 0.164. The van der Waals surface area contributed by atoms with Gasteiger partial charge in [0.1, 0.15) is 0 Å². The molecule has 0 saturated heterocycles. The first-order chi connectivity index (χ1) is 11.5. The van der Waals surface area contributed by atoms with Crippen molar-refractivity contribution in [3.8, 4) is 5.69 Å². The molecule has 24 heavy (non-hydrogen) atoms. The Kier molecular flexibility index (Phi) is 6.37. The summed E-state index contributed by atoms with van der Waals surface area (Å²) < 4.78 is 1.78. The number of aliphatic hydroxyl groups excluding tert-OH is 1. The zero-order valence-corrected chi connectivity index (χ0v) is 14.4. The Morgan fingerprint density at radius 1 is 1.29 bits per heavy atom. The second kappa shape index (κ2) is 8.49. The maximum Gasteiger partial charge on any atom is 0.315 e. The average Bonchev–Trinajstić information content (AvgIpc) is 3.13. The van der Waals surface area contributed by atoms with E-state index in [1.807, 2.05) is 57.3 Å². The molecule has 0 saturated carbocycles. The molecule has 0 aliphatic carbocycles. The van der Waals surface area contributed by atoms with Gasteiger partial charge in [0.15, 0.2) is 0 Å². The summed E-state index contributed by atoms with van der Waals surface area (Å²) in [6, 6.07) is 9.33. The molecular weight excluding hydrogens is 304 g/mol. The van der Waals surface area contributed by atoms with Gasteiger partial charge < -0.3 is 15.7 Å². The van der Waals surface area contributed by atoms with Crippen LogP contribution in [0.15, 0.2) is 42.7 Å². The van der Waals surface area contributed by atoms with Crippen molar-refractivity contribution in [2.24, 2.45) is 5.92 Å². The number of aliphatic hydroxyl groups is 1. The Morgan fingerprint density at radius 2 is 2.00 bits per heavy atom. The third kappa shape index (κ3) is 4.83. The van der Waals surface area contributed by atoms with Gasteiger partial charge in [-0.3, -0.25) is 0 Å². The van der Waals surface area contributed by atoms with Crippen LogP contribution in [0.4, 0.5) is 4.79 Å². The van der Waals surface area contributed by atoms with Crippen LogP contribution in [0.1, 0.15) is 38.8 Å². The van der Waals surface area contributed by atoms with Gasteiger partial charge in [0.05, 0.1) is 17.8 Å². The topological polar surface area (TPSA) is 79.2 Å². The zero-order valence-electron chi connectivity index (χ0n) is 14.4. The fraction of sp³-hybridized carbons (Fsp3) is 0.444. The van der Waals surface area contributed by atoms with Gasteiger partial charge in [-0.1, -0.05) is 32.4 Å². The van der Waals surface area contributed by atoms with Crippen molar-refractivity contribution in [2.75, 3.05) is 6.54 Å². The van der Waals surface area contributed by atoms with E-state index in [9.17, 15) is 9.90 Å². The van der Waals surface area contributed by atoms with Crippen molar-refractivity contribution in [3.05, 3.63) is 48.3 Å². The summed E-state index contributed by atoms with van der Waals surface area (Å²) in [7, 11) is 0. The number of carbonyl (C=O) groups excluding carboxylic acids is 1. The van der Waals surface area contributed by atoms with Gasteiger partial charge in [-0.05, 0) is 36.6 Å². The van der Waals surface area contributed by atoms with Crippen molar-refractivity contribution < 1.29 is 9.90 Å². The Balaban J connectivity index is 1.85. The fourth-order valence-electron chi connectivity index (χ4n) is 2.34. The number of hydrogen-bond donors (Lipinski definition) is 3. The predicted octanol–water partition coefficient (Wildman–Crippen LogP) is 2.64. The maximum absolute atomic E-state index is 11.9. The first-order valence-corrected chi connectivity index (χ1v) is 8.33. The number of hydrogen-bond acceptors (Lipinski definition) is 3. The largest absolute Gasteiger partial charge is 0.391 e. The van der Waals surface area contributed by atoms with Gasteiger partial charge in [0.25, 0.3) is 0 Å². The highest BCUT2D eigenvalue weighted by Crippen LogP contribution is 2.15. The molecule has 130 valence electrons. The van der Waals surface area contributed by atoms with E-state index in [1.165, 1.54) is 0 Å². The molecule has 1 aromatic carbocycles. The fourth-order valence-corrected chi connectivity index (χ4v) is 2.34. The first kappa shape index (κ1) is 18.0. The predicted molar refractivity (Wildman–Crippen MR) is 94.0 cm³/mol. The first-order valence-electron chi connectivity index (χ1n) is 8.33. The van der Waals surface area contributed by atoms with Crippen molar-refractivity contribution in [3.63, 3.8) is 0 Å². The molecule has 0 aliphatic heterocycles. The lowest BCUT2D eigenvalue weighted by molar-refractivity contribution is 0.114. The summed E-state index contributed by atoms with van der Waals surface area (Å²) in [6.45, 7) is 6.16. The highest BCUT2D eigenvalue weighted by molar-refractivity contribution is 5.74. The van der Waals surface area contributed by atoms with Gasteiger partial charge in [-0.15, -0.1) is 0 Å². The summed E-state index contributed by atoms with van der Waals surface area (Å²) >= 11 is 0. The van der Waals surface area contributed by atoms with E-state index in [0.717, 1.165) is 17.7 Å². The van der Waals surface area contributed by atoms with Crippen molar-refractivity contribution in [2.45, 2.75) is 39.3 Å². The molecule has 2 amide bonds. The van der Waals surface area contributed by atoms with E-state index in [2.05, 4.69) is 15.7 Å². The quantitative estimate of drug-likeness (QED) is 0.730. The molecule has 1 heterocycles.